The van der Waals surface area contributed by atoms with Crippen LogP contribution in [-0.4, -0.2) is 33.6 Å². The van der Waals surface area contributed by atoms with Crippen molar-refractivity contribution in [3.05, 3.63) is 76.0 Å². The van der Waals surface area contributed by atoms with Crippen LogP contribution in [0.3, 0.4) is 0 Å². The van der Waals surface area contributed by atoms with E-state index in [1.54, 1.807) is 23.2 Å². The molecule has 7 nitrogen and oxygen atoms in total. The summed E-state index contributed by atoms with van der Waals surface area (Å²) in [6.45, 7) is 4.03. The van der Waals surface area contributed by atoms with Gasteiger partial charge in [0.25, 0.3) is 5.56 Å². The number of aliphatic imine (C=N–C) groups is 2. The summed E-state index contributed by atoms with van der Waals surface area (Å²) in [5.41, 5.74) is 8.27. The minimum atomic E-state index is -0.468. The minimum Gasteiger partial charge on any atom is -0.386 e. The molecule has 31 heavy (non-hydrogen) atoms. The molecular weight excluding hydrogens is 395 g/mol. The smallest absolute Gasteiger partial charge is 0.263 e. The van der Waals surface area contributed by atoms with E-state index < -0.39 is 5.82 Å². The van der Waals surface area contributed by atoms with Gasteiger partial charge in [0, 0.05) is 11.4 Å². The molecule has 0 saturated carbocycles. The second kappa shape index (κ2) is 7.16. The van der Waals surface area contributed by atoms with Gasteiger partial charge in [-0.2, -0.15) is 5.10 Å². The Morgan fingerprint density at radius 3 is 2.74 bits per heavy atom. The van der Waals surface area contributed by atoms with E-state index in [-0.39, 0.29) is 29.9 Å². The summed E-state index contributed by atoms with van der Waals surface area (Å²) in [6, 6.07) is 13.9. The highest BCUT2D eigenvalue weighted by Crippen LogP contribution is 2.28. The number of nitrogens with two attached hydrogens (primary N) is 1. The predicted molar refractivity (Wildman–Crippen MR) is 120 cm³/mol. The number of hydrogen-bond donors (Lipinski definition) is 1. The van der Waals surface area contributed by atoms with E-state index in [2.05, 4.69) is 15.1 Å². The van der Waals surface area contributed by atoms with Crippen LogP contribution in [0.1, 0.15) is 18.2 Å². The zero-order valence-corrected chi connectivity index (χ0v) is 17.2. The van der Waals surface area contributed by atoms with Gasteiger partial charge >= 0.3 is 0 Å². The largest absolute Gasteiger partial charge is 0.386 e. The third-order valence-electron chi connectivity index (χ3n) is 5.83. The average Bonchev–Trinajstić information content (AvgIpc) is 3.05. The van der Waals surface area contributed by atoms with Crippen molar-refractivity contribution >= 4 is 28.7 Å². The van der Waals surface area contributed by atoms with Gasteiger partial charge in [-0.15, -0.1) is 0 Å². The van der Waals surface area contributed by atoms with Gasteiger partial charge in [-0.1, -0.05) is 30.3 Å². The summed E-state index contributed by atoms with van der Waals surface area (Å²) >= 11 is 0. The monoisotopic (exact) mass is 416 g/mol. The Labute approximate surface area is 178 Å². The normalized spacial score (nSPS) is 20.0. The molecule has 0 radical (unpaired) electrons. The first-order chi connectivity index (χ1) is 15.0. The van der Waals surface area contributed by atoms with E-state index in [1.165, 1.54) is 17.0 Å². The molecule has 0 fully saturated rings. The second-order valence-corrected chi connectivity index (χ2v) is 7.82. The molecule has 1 aromatic heterocycles. The van der Waals surface area contributed by atoms with Crippen molar-refractivity contribution in [1.29, 1.82) is 0 Å². The number of rotatable bonds is 3. The maximum atomic E-state index is 14.8. The maximum Gasteiger partial charge on any atom is 0.263 e. The first kappa shape index (κ1) is 19.2. The summed E-state index contributed by atoms with van der Waals surface area (Å²) in [6.07, 6.45) is 1.10. The Kier molecular flexibility index (Phi) is 4.43. The van der Waals surface area contributed by atoms with Crippen LogP contribution in [-0.2, 0) is 6.54 Å². The van der Waals surface area contributed by atoms with Crippen molar-refractivity contribution in [2.75, 3.05) is 0 Å². The number of pyridine rings is 1. The molecule has 2 atom stereocenters. The number of amidine groups is 1. The van der Waals surface area contributed by atoms with Gasteiger partial charge < -0.3 is 5.73 Å². The predicted octanol–water partition coefficient (Wildman–Crippen LogP) is 2.97. The number of aromatic nitrogens is 1. The Hall–Kier alpha value is -3.81. The number of halogens is 1. The number of para-hydroxylation sites is 1. The van der Waals surface area contributed by atoms with Crippen molar-refractivity contribution < 1.29 is 4.39 Å². The van der Waals surface area contributed by atoms with E-state index in [0.29, 0.717) is 16.9 Å². The molecule has 2 aliphatic heterocycles. The number of hydrazone groups is 1. The molecule has 2 unspecified atom stereocenters. The molecular formula is C23H21FN6O. The van der Waals surface area contributed by atoms with Gasteiger partial charge in [0.2, 0.25) is 0 Å². The maximum absolute atomic E-state index is 14.8. The SMILES string of the molecule is CC1=NN(Cc2cc3cccc(C)c3c(=O)n2-c2ccccc2F)C2N=CN=C(N)C12. The highest BCUT2D eigenvalue weighted by atomic mass is 19.1. The summed E-state index contributed by atoms with van der Waals surface area (Å²) in [7, 11) is 0. The molecule has 0 saturated heterocycles. The van der Waals surface area contributed by atoms with E-state index in [4.69, 9.17) is 5.73 Å². The Morgan fingerprint density at radius 1 is 1.13 bits per heavy atom. The molecule has 0 spiro atoms. The lowest BCUT2D eigenvalue weighted by Gasteiger charge is -2.27. The number of aryl methyl sites for hydroxylation is 1. The Morgan fingerprint density at radius 2 is 1.94 bits per heavy atom. The fourth-order valence-corrected chi connectivity index (χ4v) is 4.39. The first-order valence-electron chi connectivity index (χ1n) is 10.0. The number of hydrogen-bond acceptors (Lipinski definition) is 6. The van der Waals surface area contributed by atoms with Crippen LogP contribution in [0.15, 0.2) is 68.4 Å². The lowest BCUT2D eigenvalue weighted by atomic mass is 10.00. The van der Waals surface area contributed by atoms with Crippen molar-refractivity contribution in [2.24, 2.45) is 26.7 Å². The summed E-state index contributed by atoms with van der Waals surface area (Å²) in [5.74, 6) is -0.212. The molecule has 2 aromatic carbocycles. The third kappa shape index (κ3) is 3.02. The molecule has 2 aliphatic rings. The second-order valence-electron chi connectivity index (χ2n) is 7.82. The molecule has 0 amide bonds. The van der Waals surface area contributed by atoms with E-state index in [1.807, 2.05) is 38.1 Å². The van der Waals surface area contributed by atoms with Crippen LogP contribution in [0, 0.1) is 18.7 Å². The topological polar surface area (TPSA) is 88.3 Å². The van der Waals surface area contributed by atoms with Gasteiger partial charge in [0.05, 0.1) is 23.5 Å². The van der Waals surface area contributed by atoms with Crippen LogP contribution >= 0.6 is 0 Å². The summed E-state index contributed by atoms with van der Waals surface area (Å²) in [5, 5.41) is 7.79. The molecule has 2 N–H and O–H groups in total. The number of fused-ring (bicyclic) bond motifs is 2. The molecule has 0 bridgehead atoms. The van der Waals surface area contributed by atoms with Crippen LogP contribution < -0.4 is 11.3 Å². The fraction of sp³-hybridized carbons (Fsp3) is 0.217. The lowest BCUT2D eigenvalue weighted by Crippen LogP contribution is -2.42. The highest BCUT2D eigenvalue weighted by Gasteiger charge is 2.39. The Balaban J connectivity index is 1.70. The van der Waals surface area contributed by atoms with E-state index >= 15 is 0 Å². The zero-order valence-electron chi connectivity index (χ0n) is 17.2. The third-order valence-corrected chi connectivity index (χ3v) is 5.83. The molecule has 156 valence electrons. The van der Waals surface area contributed by atoms with Gasteiger partial charge in [-0.3, -0.25) is 14.4 Å². The van der Waals surface area contributed by atoms with Crippen LogP contribution in [0.25, 0.3) is 16.5 Å². The van der Waals surface area contributed by atoms with Gasteiger partial charge in [0.1, 0.15) is 18.0 Å². The lowest BCUT2D eigenvalue weighted by molar-refractivity contribution is 0.210. The molecule has 3 heterocycles. The Bertz CT molecular complexity index is 1360. The summed E-state index contributed by atoms with van der Waals surface area (Å²) < 4.78 is 16.2. The van der Waals surface area contributed by atoms with Crippen LogP contribution in [0.4, 0.5) is 4.39 Å². The molecule has 3 aromatic rings. The van der Waals surface area contributed by atoms with Crippen molar-refractivity contribution in [3.8, 4) is 5.69 Å². The van der Waals surface area contributed by atoms with Crippen molar-refractivity contribution in [1.82, 2.24) is 9.58 Å². The quantitative estimate of drug-likeness (QED) is 0.712. The standard InChI is InChI=1S/C23H21FN6O/c1-13-6-5-7-15-10-16(11-29-22-20(14(2)28-29)21(25)26-12-27-22)30(23(31)19(13)15)18-9-4-3-8-17(18)24/h3-10,12,20,22H,11H2,1-2H3,(H2,25,26,27). The van der Waals surface area contributed by atoms with E-state index in [9.17, 15) is 9.18 Å². The van der Waals surface area contributed by atoms with E-state index in [0.717, 1.165) is 16.7 Å². The number of nitrogens with zero attached hydrogens (tertiary/aromatic N) is 5. The van der Waals surface area contributed by atoms with Crippen molar-refractivity contribution in [2.45, 2.75) is 26.6 Å². The minimum absolute atomic E-state index is 0.206. The van der Waals surface area contributed by atoms with Gasteiger partial charge in [0.15, 0.2) is 6.17 Å². The van der Waals surface area contributed by atoms with Crippen molar-refractivity contribution in [3.63, 3.8) is 0 Å². The molecule has 0 aliphatic carbocycles. The fourth-order valence-electron chi connectivity index (χ4n) is 4.39. The summed E-state index contributed by atoms with van der Waals surface area (Å²) in [4.78, 5) is 22.1. The van der Waals surface area contributed by atoms with Crippen LogP contribution in [0.2, 0.25) is 0 Å². The molecule has 8 heteroatoms. The number of benzene rings is 2. The molecule has 5 rings (SSSR count). The van der Waals surface area contributed by atoms with Gasteiger partial charge in [-0.05, 0) is 43.0 Å². The first-order valence-corrected chi connectivity index (χ1v) is 10.0. The van der Waals surface area contributed by atoms with Gasteiger partial charge in [-0.25, -0.2) is 14.4 Å². The zero-order chi connectivity index (χ0) is 21.7. The average molecular weight is 416 g/mol. The highest BCUT2D eigenvalue weighted by molar-refractivity contribution is 6.09. The van der Waals surface area contributed by atoms with Crippen LogP contribution in [0.5, 0.6) is 0 Å².